The van der Waals surface area contributed by atoms with Crippen molar-refractivity contribution in [3.63, 3.8) is 0 Å². The monoisotopic (exact) mass is 546 g/mol. The van der Waals surface area contributed by atoms with Crippen molar-refractivity contribution in [3.05, 3.63) is 59.4 Å². The highest BCUT2D eigenvalue weighted by Crippen LogP contribution is 2.23. The number of hydrogen-bond acceptors (Lipinski definition) is 8. The van der Waals surface area contributed by atoms with E-state index in [2.05, 4.69) is 30.9 Å². The number of nitrogen functional groups attached to an aromatic ring is 1. The van der Waals surface area contributed by atoms with E-state index >= 15 is 0 Å². The highest BCUT2D eigenvalue weighted by molar-refractivity contribution is 5.85. The van der Waals surface area contributed by atoms with Gasteiger partial charge in [-0.05, 0) is 31.9 Å². The lowest BCUT2D eigenvalue weighted by Gasteiger charge is -2.35. The minimum atomic E-state index is -0.552. The van der Waals surface area contributed by atoms with Crippen molar-refractivity contribution in [2.45, 2.75) is 25.9 Å². The van der Waals surface area contributed by atoms with Crippen LogP contribution in [0.25, 0.3) is 11.9 Å². The summed E-state index contributed by atoms with van der Waals surface area (Å²) < 4.78 is 28.9. The lowest BCUT2D eigenvalue weighted by molar-refractivity contribution is 0.145. The molecule has 2 aromatic heterocycles. The normalized spacial score (nSPS) is 17.3. The Hall–Kier alpha value is -3.28. The minimum Gasteiger partial charge on any atom is -0.393 e. The molecule has 2 saturated heterocycles. The lowest BCUT2D eigenvalue weighted by Crippen LogP contribution is -2.46. The highest BCUT2D eigenvalue weighted by atomic mass is 35.5. The summed E-state index contributed by atoms with van der Waals surface area (Å²) in [6.45, 7) is 7.21. The second kappa shape index (κ2) is 12.1. The summed E-state index contributed by atoms with van der Waals surface area (Å²) in [6.07, 6.45) is 7.09. The Labute approximate surface area is 227 Å². The molecule has 1 aromatic carbocycles. The number of benzene rings is 1. The minimum absolute atomic E-state index is 0. The predicted octanol–water partition coefficient (Wildman–Crippen LogP) is 3.05. The molecule has 0 unspecified atom stereocenters. The number of halogens is 3. The molecule has 3 aromatic rings. The molecular weight excluding hydrogens is 514 g/mol. The first-order chi connectivity index (χ1) is 17.9. The number of aliphatic hydroxyl groups excluding tert-OH is 1. The summed E-state index contributed by atoms with van der Waals surface area (Å²) in [7, 11) is 0. The van der Waals surface area contributed by atoms with Crippen LogP contribution in [0, 0.1) is 18.6 Å². The van der Waals surface area contributed by atoms with Gasteiger partial charge in [0.1, 0.15) is 17.5 Å². The predicted molar refractivity (Wildman–Crippen MR) is 147 cm³/mol. The van der Waals surface area contributed by atoms with Crippen molar-refractivity contribution in [1.29, 1.82) is 0 Å². The number of aliphatic hydroxyl groups is 1. The number of rotatable bonds is 6. The van der Waals surface area contributed by atoms with Gasteiger partial charge in [0.15, 0.2) is 5.82 Å². The van der Waals surface area contributed by atoms with Crippen LogP contribution in [0.1, 0.15) is 24.1 Å². The molecule has 0 atom stereocenters. The van der Waals surface area contributed by atoms with E-state index in [-0.39, 0.29) is 24.5 Å². The van der Waals surface area contributed by atoms with Crippen LogP contribution in [-0.2, 0) is 0 Å². The second-order valence-corrected chi connectivity index (χ2v) is 9.58. The summed E-state index contributed by atoms with van der Waals surface area (Å²) >= 11 is 0. The average Bonchev–Trinajstić information content (AvgIpc) is 3.24. The zero-order chi connectivity index (χ0) is 25.9. The summed E-state index contributed by atoms with van der Waals surface area (Å²) in [5.74, 6) is 0.426. The maximum Gasteiger partial charge on any atom is 0.224 e. The van der Waals surface area contributed by atoms with Gasteiger partial charge >= 0.3 is 0 Å². The molecular formula is C26H33ClF2N8O. The fourth-order valence-corrected chi connectivity index (χ4v) is 4.86. The zero-order valence-electron chi connectivity index (χ0n) is 21.3. The molecule has 0 aliphatic carbocycles. The van der Waals surface area contributed by atoms with Crippen LogP contribution in [0.2, 0.25) is 0 Å². The van der Waals surface area contributed by atoms with Crippen LogP contribution >= 0.6 is 12.4 Å². The Morgan fingerprint density at radius 2 is 1.61 bits per heavy atom. The van der Waals surface area contributed by atoms with E-state index in [4.69, 9.17) is 5.73 Å². The van der Waals surface area contributed by atoms with Crippen LogP contribution in [0.15, 0.2) is 36.5 Å². The number of piperidine rings is 1. The first kappa shape index (κ1) is 27.7. The Morgan fingerprint density at radius 3 is 2.29 bits per heavy atom. The third kappa shape index (κ3) is 6.40. The van der Waals surface area contributed by atoms with E-state index in [0.717, 1.165) is 55.9 Å². The number of aromatic nitrogens is 4. The molecule has 0 amide bonds. The first-order valence-electron chi connectivity index (χ1n) is 12.6. The zero-order valence-corrected chi connectivity index (χ0v) is 22.1. The molecule has 0 spiro atoms. The molecule has 0 bridgehead atoms. The van der Waals surface area contributed by atoms with Crippen molar-refractivity contribution in [2.24, 2.45) is 0 Å². The largest absolute Gasteiger partial charge is 0.393 e. The maximum absolute atomic E-state index is 13.6. The standard InChI is InChI=1S/C26H32F2N8O.ClH/c1-18-19(3-2-6-33-9-11-34(12-10-33)22-14-20(27)13-21(28)15-22)17-30-36(18)25-16-24(31-26(29)32-25)35-7-4-23(37)5-8-35;/h2-3,13-17,23,37H,4-12H2,1H3,(H2,29,31,32);1H/b3-2+;. The molecule has 3 N–H and O–H groups in total. The van der Waals surface area contributed by atoms with Crippen molar-refractivity contribution < 1.29 is 13.9 Å². The summed E-state index contributed by atoms with van der Waals surface area (Å²) in [5, 5.41) is 14.3. The molecule has 4 heterocycles. The molecule has 2 fully saturated rings. The first-order valence-corrected chi connectivity index (χ1v) is 12.6. The van der Waals surface area contributed by atoms with Gasteiger partial charge in [-0.1, -0.05) is 12.2 Å². The summed E-state index contributed by atoms with van der Waals surface area (Å²) in [6, 6.07) is 5.54. The average molecular weight is 547 g/mol. The lowest BCUT2D eigenvalue weighted by atomic mass is 10.1. The summed E-state index contributed by atoms with van der Waals surface area (Å²) in [5.41, 5.74) is 8.52. The molecule has 2 aliphatic rings. The number of hydrogen-bond donors (Lipinski definition) is 2. The number of anilines is 3. The quantitative estimate of drug-likeness (QED) is 0.487. The van der Waals surface area contributed by atoms with Gasteiger partial charge in [0, 0.05) is 69.2 Å². The Morgan fingerprint density at radius 1 is 0.947 bits per heavy atom. The smallest absolute Gasteiger partial charge is 0.224 e. The van der Waals surface area contributed by atoms with Gasteiger partial charge in [0.25, 0.3) is 0 Å². The highest BCUT2D eigenvalue weighted by Gasteiger charge is 2.21. The fourth-order valence-electron chi connectivity index (χ4n) is 4.86. The maximum atomic E-state index is 13.6. The van der Waals surface area contributed by atoms with Gasteiger partial charge in [-0.2, -0.15) is 15.1 Å². The van der Waals surface area contributed by atoms with Crippen LogP contribution in [0.4, 0.5) is 26.2 Å². The van der Waals surface area contributed by atoms with E-state index in [0.29, 0.717) is 37.4 Å². The van der Waals surface area contributed by atoms with Crippen LogP contribution < -0.4 is 15.5 Å². The molecule has 9 nitrogen and oxygen atoms in total. The third-order valence-electron chi connectivity index (χ3n) is 7.02. The van der Waals surface area contributed by atoms with Crippen LogP contribution in [0.3, 0.4) is 0 Å². The number of piperazine rings is 1. The van der Waals surface area contributed by atoms with Gasteiger partial charge in [-0.15, -0.1) is 12.4 Å². The van der Waals surface area contributed by atoms with Gasteiger partial charge in [0.05, 0.1) is 18.0 Å². The summed E-state index contributed by atoms with van der Waals surface area (Å²) in [4.78, 5) is 15.2. The van der Waals surface area contributed by atoms with E-state index in [1.807, 2.05) is 24.0 Å². The Kier molecular flexibility index (Phi) is 8.80. The molecule has 204 valence electrons. The van der Waals surface area contributed by atoms with Gasteiger partial charge in [-0.25, -0.2) is 13.5 Å². The molecule has 0 saturated carbocycles. The van der Waals surface area contributed by atoms with Crippen molar-refractivity contribution in [2.75, 3.05) is 61.3 Å². The number of nitrogens with two attached hydrogens (primary N) is 1. The molecule has 5 rings (SSSR count). The van der Waals surface area contributed by atoms with Gasteiger partial charge in [-0.3, -0.25) is 4.90 Å². The Balaban J connectivity index is 0.00000336. The van der Waals surface area contributed by atoms with Gasteiger partial charge < -0.3 is 20.6 Å². The van der Waals surface area contributed by atoms with E-state index in [1.165, 1.54) is 12.1 Å². The van der Waals surface area contributed by atoms with Crippen molar-refractivity contribution in [3.8, 4) is 5.82 Å². The molecule has 2 aliphatic heterocycles. The van der Waals surface area contributed by atoms with Crippen LogP contribution in [-0.4, -0.2) is 81.7 Å². The molecule has 12 heteroatoms. The van der Waals surface area contributed by atoms with Crippen molar-refractivity contribution >= 4 is 35.9 Å². The van der Waals surface area contributed by atoms with E-state index in [1.54, 1.807) is 10.9 Å². The van der Waals surface area contributed by atoms with E-state index in [9.17, 15) is 13.9 Å². The van der Waals surface area contributed by atoms with Gasteiger partial charge in [0.2, 0.25) is 5.95 Å². The topological polar surface area (TPSA) is 99.6 Å². The third-order valence-corrected chi connectivity index (χ3v) is 7.02. The van der Waals surface area contributed by atoms with Crippen LogP contribution in [0.5, 0.6) is 0 Å². The van der Waals surface area contributed by atoms with E-state index < -0.39 is 11.6 Å². The molecule has 0 radical (unpaired) electrons. The number of nitrogens with zero attached hydrogens (tertiary/aromatic N) is 7. The Bertz CT molecular complexity index is 1250. The fraction of sp³-hybridized carbons (Fsp3) is 0.423. The molecule has 38 heavy (non-hydrogen) atoms. The SMILES string of the molecule is Cc1c(/C=C/CN2CCN(c3cc(F)cc(F)c3)CC2)cnn1-c1cc(N2CCC(O)CC2)nc(N)n1.Cl. The second-order valence-electron chi connectivity index (χ2n) is 9.58. The van der Waals surface area contributed by atoms with Crippen molar-refractivity contribution in [1.82, 2.24) is 24.6 Å².